The fourth-order valence-electron chi connectivity index (χ4n) is 4.06. The Bertz CT molecular complexity index is 973. The predicted molar refractivity (Wildman–Crippen MR) is 111 cm³/mol. The Kier molecular flexibility index (Phi) is 5.94. The van der Waals surface area contributed by atoms with Gasteiger partial charge in [0.15, 0.2) is 0 Å². The van der Waals surface area contributed by atoms with Crippen molar-refractivity contribution in [2.24, 2.45) is 0 Å². The number of nitrogens with zero attached hydrogens (tertiary/aromatic N) is 3. The molecule has 0 spiro atoms. The van der Waals surface area contributed by atoms with Gasteiger partial charge in [-0.15, -0.1) is 0 Å². The maximum atomic E-state index is 13.0. The molecule has 2 fully saturated rings. The van der Waals surface area contributed by atoms with E-state index in [9.17, 15) is 22.8 Å². The molecule has 0 bridgehead atoms. The molecule has 0 N–H and O–H groups in total. The SMILES string of the molecule is O=C1C[C@@H](N2CCN(c3cccc(C(F)(F)F)c3)CC2)C(=O)N1Cc1ccc(Cl)cc1. The lowest BCUT2D eigenvalue weighted by Gasteiger charge is -2.38. The fourth-order valence-corrected chi connectivity index (χ4v) is 4.19. The molecule has 0 aliphatic carbocycles. The van der Waals surface area contributed by atoms with E-state index in [1.165, 1.54) is 11.0 Å². The van der Waals surface area contributed by atoms with Crippen LogP contribution in [0.1, 0.15) is 17.5 Å². The van der Waals surface area contributed by atoms with Crippen LogP contribution < -0.4 is 4.90 Å². The molecule has 2 heterocycles. The summed E-state index contributed by atoms with van der Waals surface area (Å²) in [6.07, 6.45) is -4.27. The second-order valence-electron chi connectivity index (χ2n) is 7.74. The van der Waals surface area contributed by atoms with Gasteiger partial charge in [0.1, 0.15) is 0 Å². The Morgan fingerprint density at radius 2 is 1.65 bits per heavy atom. The number of carbonyl (C=O) groups is 2. The second kappa shape index (κ2) is 8.51. The normalized spacial score (nSPS) is 20.6. The van der Waals surface area contributed by atoms with Crippen molar-refractivity contribution in [2.75, 3.05) is 31.1 Å². The second-order valence-corrected chi connectivity index (χ2v) is 8.17. The summed E-state index contributed by atoms with van der Waals surface area (Å²) in [5, 5.41) is 0.583. The standard InChI is InChI=1S/C22H21ClF3N3O2/c23-17-6-4-15(5-7-17)14-29-20(30)13-19(21(29)31)28-10-8-27(9-11-28)18-3-1-2-16(12-18)22(24,25)26/h1-7,12,19H,8-11,13-14H2/t19-/m1/s1. The number of hydrogen-bond acceptors (Lipinski definition) is 4. The molecule has 0 saturated carbocycles. The van der Waals surface area contributed by atoms with Gasteiger partial charge in [0.2, 0.25) is 11.8 Å². The van der Waals surface area contributed by atoms with E-state index in [0.717, 1.165) is 17.7 Å². The summed E-state index contributed by atoms with van der Waals surface area (Å²) in [5.74, 6) is -0.447. The van der Waals surface area contributed by atoms with Crippen molar-refractivity contribution >= 4 is 29.1 Å². The molecule has 2 aliphatic heterocycles. The van der Waals surface area contributed by atoms with E-state index in [4.69, 9.17) is 11.6 Å². The van der Waals surface area contributed by atoms with E-state index in [1.807, 2.05) is 9.80 Å². The summed E-state index contributed by atoms with van der Waals surface area (Å²) in [7, 11) is 0. The lowest BCUT2D eigenvalue weighted by molar-refractivity contribution is -0.140. The molecule has 2 amide bonds. The van der Waals surface area contributed by atoms with Crippen LogP contribution in [-0.4, -0.2) is 53.8 Å². The van der Waals surface area contributed by atoms with Gasteiger partial charge in [0, 0.05) is 36.9 Å². The molecule has 4 rings (SSSR count). The van der Waals surface area contributed by atoms with E-state index >= 15 is 0 Å². The Balaban J connectivity index is 1.38. The Morgan fingerprint density at radius 3 is 2.29 bits per heavy atom. The van der Waals surface area contributed by atoms with Crippen molar-refractivity contribution in [3.8, 4) is 0 Å². The van der Waals surface area contributed by atoms with Crippen molar-refractivity contribution in [1.82, 2.24) is 9.80 Å². The van der Waals surface area contributed by atoms with E-state index in [0.29, 0.717) is 36.9 Å². The van der Waals surface area contributed by atoms with Gasteiger partial charge < -0.3 is 4.90 Å². The maximum Gasteiger partial charge on any atom is 0.416 e. The molecule has 0 unspecified atom stereocenters. The van der Waals surface area contributed by atoms with Crippen LogP contribution in [0, 0.1) is 0 Å². The first-order chi connectivity index (χ1) is 14.7. The summed E-state index contributed by atoms with van der Waals surface area (Å²) in [6, 6.07) is 11.7. The van der Waals surface area contributed by atoms with Crippen molar-refractivity contribution < 1.29 is 22.8 Å². The summed E-state index contributed by atoms with van der Waals surface area (Å²) >= 11 is 5.88. The molecule has 0 radical (unpaired) electrons. The van der Waals surface area contributed by atoms with Gasteiger partial charge in [-0.05, 0) is 35.9 Å². The average molecular weight is 452 g/mol. The van der Waals surface area contributed by atoms with Gasteiger partial charge in [-0.3, -0.25) is 19.4 Å². The zero-order valence-corrected chi connectivity index (χ0v) is 17.4. The molecule has 9 heteroatoms. The highest BCUT2D eigenvalue weighted by molar-refractivity contribution is 6.30. The molecule has 164 valence electrons. The number of rotatable bonds is 4. The summed E-state index contributed by atoms with van der Waals surface area (Å²) in [5.41, 5.74) is 0.649. The van der Waals surface area contributed by atoms with E-state index in [-0.39, 0.29) is 24.8 Å². The monoisotopic (exact) mass is 451 g/mol. The molecular formula is C22H21ClF3N3O2. The van der Waals surface area contributed by atoms with Crippen molar-refractivity contribution in [1.29, 1.82) is 0 Å². The number of halogens is 4. The van der Waals surface area contributed by atoms with Crippen LogP contribution in [0.5, 0.6) is 0 Å². The van der Waals surface area contributed by atoms with Crippen molar-refractivity contribution in [3.63, 3.8) is 0 Å². The van der Waals surface area contributed by atoms with E-state index in [1.54, 1.807) is 30.3 Å². The Morgan fingerprint density at radius 1 is 0.968 bits per heavy atom. The number of amides is 2. The summed E-state index contributed by atoms with van der Waals surface area (Å²) in [4.78, 5) is 30.4. The predicted octanol–water partition coefficient (Wildman–Crippen LogP) is 3.81. The third kappa shape index (κ3) is 4.70. The number of imide groups is 1. The van der Waals surface area contributed by atoms with Crippen LogP contribution >= 0.6 is 11.6 Å². The highest BCUT2D eigenvalue weighted by atomic mass is 35.5. The summed E-state index contributed by atoms with van der Waals surface area (Å²) < 4.78 is 39.0. The lowest BCUT2D eigenvalue weighted by Crippen LogP contribution is -2.52. The van der Waals surface area contributed by atoms with Gasteiger partial charge in [-0.25, -0.2) is 0 Å². The number of benzene rings is 2. The first-order valence-corrected chi connectivity index (χ1v) is 10.3. The van der Waals surface area contributed by atoms with E-state index in [2.05, 4.69) is 0 Å². The van der Waals surface area contributed by atoms with Gasteiger partial charge in [-0.1, -0.05) is 29.8 Å². The van der Waals surface area contributed by atoms with E-state index < -0.39 is 17.8 Å². The van der Waals surface area contributed by atoms with Crippen LogP contribution in [0.3, 0.4) is 0 Å². The minimum absolute atomic E-state index is 0.121. The summed E-state index contributed by atoms with van der Waals surface area (Å²) in [6.45, 7) is 2.16. The smallest absolute Gasteiger partial charge is 0.369 e. The minimum atomic E-state index is -4.39. The molecule has 2 aromatic rings. The molecule has 5 nitrogen and oxygen atoms in total. The maximum absolute atomic E-state index is 13.0. The Labute approximate surface area is 183 Å². The number of likely N-dealkylation sites (tertiary alicyclic amines) is 1. The number of alkyl halides is 3. The lowest BCUT2D eigenvalue weighted by atomic mass is 10.1. The number of piperazine rings is 1. The average Bonchev–Trinajstić information content (AvgIpc) is 3.03. The van der Waals surface area contributed by atoms with Crippen LogP contribution in [0.4, 0.5) is 18.9 Å². The first kappa shape index (κ1) is 21.6. The molecule has 1 atom stereocenters. The van der Waals surface area contributed by atoms with Gasteiger partial charge in [-0.2, -0.15) is 13.2 Å². The van der Waals surface area contributed by atoms with Crippen LogP contribution in [0.25, 0.3) is 0 Å². The minimum Gasteiger partial charge on any atom is -0.369 e. The zero-order chi connectivity index (χ0) is 22.2. The number of carbonyl (C=O) groups excluding carboxylic acids is 2. The molecule has 2 saturated heterocycles. The first-order valence-electron chi connectivity index (χ1n) is 9.97. The Hall–Kier alpha value is -2.58. The molecule has 2 aliphatic rings. The quantitative estimate of drug-likeness (QED) is 0.663. The molecule has 0 aromatic heterocycles. The highest BCUT2D eigenvalue weighted by Gasteiger charge is 2.42. The fraction of sp³-hybridized carbons (Fsp3) is 0.364. The number of anilines is 1. The molecule has 2 aromatic carbocycles. The molecular weight excluding hydrogens is 431 g/mol. The van der Waals surface area contributed by atoms with Crippen molar-refractivity contribution in [3.05, 3.63) is 64.7 Å². The van der Waals surface area contributed by atoms with Crippen LogP contribution in [0.2, 0.25) is 5.02 Å². The van der Waals surface area contributed by atoms with Crippen LogP contribution in [-0.2, 0) is 22.3 Å². The topological polar surface area (TPSA) is 43.9 Å². The highest BCUT2D eigenvalue weighted by Crippen LogP contribution is 2.32. The number of hydrogen-bond donors (Lipinski definition) is 0. The van der Waals surface area contributed by atoms with Gasteiger partial charge >= 0.3 is 6.18 Å². The molecule has 31 heavy (non-hydrogen) atoms. The van der Waals surface area contributed by atoms with Crippen LogP contribution in [0.15, 0.2) is 48.5 Å². The zero-order valence-electron chi connectivity index (χ0n) is 16.6. The van der Waals surface area contributed by atoms with Gasteiger partial charge in [0.05, 0.1) is 24.6 Å². The van der Waals surface area contributed by atoms with Gasteiger partial charge in [0.25, 0.3) is 0 Å². The third-order valence-corrected chi connectivity index (χ3v) is 6.02. The van der Waals surface area contributed by atoms with Crippen molar-refractivity contribution in [2.45, 2.75) is 25.2 Å². The largest absolute Gasteiger partial charge is 0.416 e. The third-order valence-electron chi connectivity index (χ3n) is 5.77.